The molecule has 0 bridgehead atoms. The van der Waals surface area contributed by atoms with Crippen LogP contribution in [-0.2, 0) is 24.3 Å². The van der Waals surface area contributed by atoms with E-state index in [0.717, 1.165) is 17.8 Å². The van der Waals surface area contributed by atoms with Crippen LogP contribution in [0.5, 0.6) is 0 Å². The smallest absolute Gasteiger partial charge is 0.222 e. The molecule has 1 amide bonds. The highest BCUT2D eigenvalue weighted by Crippen LogP contribution is 2.15. The van der Waals surface area contributed by atoms with E-state index >= 15 is 0 Å². The Morgan fingerprint density at radius 3 is 2.72 bits per heavy atom. The van der Waals surface area contributed by atoms with Crippen LogP contribution in [0.2, 0.25) is 0 Å². The molecule has 3 aromatic rings. The highest BCUT2D eigenvalue weighted by atomic mass is 16.1. The van der Waals surface area contributed by atoms with E-state index in [-0.39, 0.29) is 11.9 Å². The number of carbonyl (C=O) groups is 1. The highest BCUT2D eigenvalue weighted by Gasteiger charge is 2.15. The molecule has 0 fully saturated rings. The van der Waals surface area contributed by atoms with Crippen molar-refractivity contribution in [3.8, 4) is 0 Å². The second kappa shape index (κ2) is 8.28. The number of carbonyl (C=O) groups excluding carboxylic acids is 1. The summed E-state index contributed by atoms with van der Waals surface area (Å²) in [7, 11) is 0. The van der Waals surface area contributed by atoms with Gasteiger partial charge >= 0.3 is 0 Å². The van der Waals surface area contributed by atoms with Crippen LogP contribution >= 0.6 is 0 Å². The summed E-state index contributed by atoms with van der Waals surface area (Å²) in [6, 6.07) is 11.8. The summed E-state index contributed by atoms with van der Waals surface area (Å²) >= 11 is 0. The van der Waals surface area contributed by atoms with E-state index in [2.05, 4.69) is 22.3 Å². The van der Waals surface area contributed by atoms with E-state index in [1.54, 1.807) is 12.4 Å². The lowest BCUT2D eigenvalue weighted by Crippen LogP contribution is -2.32. The van der Waals surface area contributed by atoms with Gasteiger partial charge < -0.3 is 9.88 Å². The molecule has 0 saturated heterocycles. The first-order valence-electron chi connectivity index (χ1n) is 8.58. The van der Waals surface area contributed by atoms with Crippen molar-refractivity contribution >= 4 is 5.91 Å². The first kappa shape index (κ1) is 17.0. The van der Waals surface area contributed by atoms with Gasteiger partial charge in [0.15, 0.2) is 0 Å². The number of rotatable bonds is 8. The average Bonchev–Trinajstić information content (AvgIpc) is 3.31. The van der Waals surface area contributed by atoms with Crippen molar-refractivity contribution in [3.05, 3.63) is 72.6 Å². The van der Waals surface area contributed by atoms with Gasteiger partial charge in [-0.15, -0.1) is 0 Å². The Labute approximate surface area is 147 Å². The highest BCUT2D eigenvalue weighted by molar-refractivity contribution is 5.76. The zero-order valence-corrected chi connectivity index (χ0v) is 14.4. The number of amides is 1. The van der Waals surface area contributed by atoms with Gasteiger partial charge in [-0.05, 0) is 11.6 Å². The first-order valence-corrected chi connectivity index (χ1v) is 8.58. The third kappa shape index (κ3) is 4.56. The van der Waals surface area contributed by atoms with E-state index in [4.69, 9.17) is 0 Å². The Bertz CT molecular complexity index is 779. The lowest BCUT2D eigenvalue weighted by atomic mass is 10.1. The summed E-state index contributed by atoms with van der Waals surface area (Å²) in [6.07, 6.45) is 8.63. The van der Waals surface area contributed by atoms with Crippen LogP contribution in [0, 0.1) is 0 Å². The maximum atomic E-state index is 12.5. The summed E-state index contributed by atoms with van der Waals surface area (Å²) in [5.74, 6) is 1.03. The summed E-state index contributed by atoms with van der Waals surface area (Å²) in [4.78, 5) is 16.8. The summed E-state index contributed by atoms with van der Waals surface area (Å²) in [6.45, 7) is 3.31. The monoisotopic (exact) mass is 337 g/mol. The van der Waals surface area contributed by atoms with Gasteiger partial charge in [0.1, 0.15) is 5.82 Å². The number of aryl methyl sites for hydroxylation is 2. The SMILES string of the molecule is CCc1nccn1CCC(=O)N[C@H](Cn1cccn1)c1ccccc1. The second-order valence-corrected chi connectivity index (χ2v) is 5.90. The topological polar surface area (TPSA) is 64.7 Å². The molecule has 0 unspecified atom stereocenters. The van der Waals surface area contributed by atoms with Gasteiger partial charge in [-0.1, -0.05) is 37.3 Å². The fourth-order valence-corrected chi connectivity index (χ4v) is 2.86. The molecule has 3 rings (SSSR count). The van der Waals surface area contributed by atoms with Crippen molar-refractivity contribution in [1.82, 2.24) is 24.6 Å². The van der Waals surface area contributed by atoms with Gasteiger partial charge in [0.25, 0.3) is 0 Å². The molecule has 25 heavy (non-hydrogen) atoms. The fraction of sp³-hybridized carbons (Fsp3) is 0.316. The van der Waals surface area contributed by atoms with Crippen molar-refractivity contribution in [2.24, 2.45) is 0 Å². The third-order valence-corrected chi connectivity index (χ3v) is 4.16. The summed E-state index contributed by atoms with van der Waals surface area (Å²) < 4.78 is 3.87. The van der Waals surface area contributed by atoms with Crippen LogP contribution in [0.3, 0.4) is 0 Å². The fourth-order valence-electron chi connectivity index (χ4n) is 2.86. The van der Waals surface area contributed by atoms with Gasteiger partial charge in [0, 0.05) is 44.2 Å². The molecule has 1 N–H and O–H groups in total. The van der Waals surface area contributed by atoms with Crippen LogP contribution in [0.15, 0.2) is 61.2 Å². The normalized spacial score (nSPS) is 12.0. The molecule has 0 aliphatic carbocycles. The zero-order valence-electron chi connectivity index (χ0n) is 14.4. The van der Waals surface area contributed by atoms with Gasteiger partial charge in [-0.3, -0.25) is 9.48 Å². The molecule has 2 heterocycles. The van der Waals surface area contributed by atoms with E-state index in [1.165, 1.54) is 0 Å². The largest absolute Gasteiger partial charge is 0.347 e. The van der Waals surface area contributed by atoms with Gasteiger partial charge in [-0.25, -0.2) is 4.98 Å². The molecule has 0 aliphatic heterocycles. The lowest BCUT2D eigenvalue weighted by molar-refractivity contribution is -0.122. The van der Waals surface area contributed by atoms with Crippen LogP contribution in [0.4, 0.5) is 0 Å². The predicted octanol–water partition coefficient (Wildman–Crippen LogP) is 2.59. The predicted molar refractivity (Wildman–Crippen MR) is 95.8 cm³/mol. The number of imidazole rings is 1. The van der Waals surface area contributed by atoms with Crippen LogP contribution in [0.25, 0.3) is 0 Å². The number of nitrogens with one attached hydrogen (secondary N) is 1. The molecular formula is C19H23N5O. The van der Waals surface area contributed by atoms with Crippen molar-refractivity contribution in [3.63, 3.8) is 0 Å². The minimum absolute atomic E-state index is 0.0248. The Hall–Kier alpha value is -2.89. The zero-order chi connectivity index (χ0) is 17.5. The van der Waals surface area contributed by atoms with Crippen molar-refractivity contribution in [1.29, 1.82) is 0 Å². The van der Waals surface area contributed by atoms with Gasteiger partial charge in [0.05, 0.1) is 12.6 Å². The first-order chi connectivity index (χ1) is 12.3. The van der Waals surface area contributed by atoms with Gasteiger partial charge in [0.2, 0.25) is 5.91 Å². The summed E-state index contributed by atoms with van der Waals surface area (Å²) in [5.41, 5.74) is 1.07. The minimum Gasteiger partial charge on any atom is -0.347 e. The van der Waals surface area contributed by atoms with E-state index in [9.17, 15) is 4.79 Å². The maximum absolute atomic E-state index is 12.5. The van der Waals surface area contributed by atoms with Crippen molar-refractivity contribution in [2.75, 3.05) is 0 Å². The molecule has 0 radical (unpaired) electrons. The molecule has 2 aromatic heterocycles. The van der Waals surface area contributed by atoms with E-state index in [1.807, 2.05) is 58.0 Å². The lowest BCUT2D eigenvalue weighted by Gasteiger charge is -2.19. The molecule has 0 aliphatic rings. The molecule has 0 spiro atoms. The Balaban J connectivity index is 1.64. The molecule has 6 nitrogen and oxygen atoms in total. The molecular weight excluding hydrogens is 314 g/mol. The minimum atomic E-state index is -0.109. The molecule has 1 atom stereocenters. The van der Waals surface area contributed by atoms with Gasteiger partial charge in [-0.2, -0.15) is 5.10 Å². The Morgan fingerprint density at radius 2 is 2.00 bits per heavy atom. The standard InChI is InChI=1S/C19H23N5O/c1-2-18-20-11-14-23(18)13-9-19(25)22-17(15-24-12-6-10-21-24)16-7-4-3-5-8-16/h3-8,10-12,14,17H,2,9,13,15H2,1H3,(H,22,25)/t17-/m1/s1. The van der Waals surface area contributed by atoms with Crippen LogP contribution in [-0.4, -0.2) is 25.2 Å². The van der Waals surface area contributed by atoms with E-state index < -0.39 is 0 Å². The van der Waals surface area contributed by atoms with Crippen molar-refractivity contribution in [2.45, 2.75) is 38.9 Å². The number of nitrogens with zero attached hydrogens (tertiary/aromatic N) is 4. The number of benzene rings is 1. The third-order valence-electron chi connectivity index (χ3n) is 4.16. The maximum Gasteiger partial charge on any atom is 0.222 e. The molecule has 0 saturated carbocycles. The Kier molecular flexibility index (Phi) is 5.61. The number of hydrogen-bond donors (Lipinski definition) is 1. The van der Waals surface area contributed by atoms with Crippen LogP contribution < -0.4 is 5.32 Å². The molecule has 6 heteroatoms. The number of aromatic nitrogens is 4. The molecule has 1 aromatic carbocycles. The summed E-state index contributed by atoms with van der Waals surface area (Å²) in [5, 5.41) is 7.39. The van der Waals surface area contributed by atoms with Crippen molar-refractivity contribution < 1.29 is 4.79 Å². The number of hydrogen-bond acceptors (Lipinski definition) is 3. The van der Waals surface area contributed by atoms with Crippen LogP contribution in [0.1, 0.15) is 30.8 Å². The van der Waals surface area contributed by atoms with E-state index in [0.29, 0.717) is 19.5 Å². The second-order valence-electron chi connectivity index (χ2n) is 5.90. The molecule has 130 valence electrons. The quantitative estimate of drug-likeness (QED) is 0.687. The average molecular weight is 337 g/mol. The Morgan fingerprint density at radius 1 is 1.16 bits per heavy atom.